The molecule has 1 aliphatic rings. The number of aromatic carboxylic acids is 1. The highest BCUT2D eigenvalue weighted by Crippen LogP contribution is 2.44. The lowest BCUT2D eigenvalue weighted by Crippen LogP contribution is -2.35. The molecule has 3 heterocycles. The van der Waals surface area contributed by atoms with Gasteiger partial charge < -0.3 is 19.7 Å². The molecule has 8 heteroatoms. The molecule has 0 bridgehead atoms. The fourth-order valence-corrected chi connectivity index (χ4v) is 4.64. The molecule has 0 radical (unpaired) electrons. The molecule has 0 spiro atoms. The number of fused-ring (bicyclic) bond motifs is 1. The highest BCUT2D eigenvalue weighted by Gasteiger charge is 2.27. The van der Waals surface area contributed by atoms with Gasteiger partial charge in [0.1, 0.15) is 4.88 Å². The second kappa shape index (κ2) is 7.24. The predicted molar refractivity (Wildman–Crippen MR) is 107 cm³/mol. The number of ether oxygens (including phenoxy) is 1. The van der Waals surface area contributed by atoms with Crippen molar-refractivity contribution in [3.8, 4) is 0 Å². The van der Waals surface area contributed by atoms with Gasteiger partial charge in [-0.25, -0.2) is 9.64 Å². The van der Waals surface area contributed by atoms with Crippen LogP contribution in [0.3, 0.4) is 0 Å². The van der Waals surface area contributed by atoms with Crippen molar-refractivity contribution >= 4 is 50.5 Å². The molecule has 0 unspecified atom stereocenters. The number of rotatable bonds is 4. The molecule has 2 N–H and O–H groups in total. The number of halogens is 1. The minimum Gasteiger partial charge on any atom is -0.477 e. The van der Waals surface area contributed by atoms with E-state index in [1.807, 2.05) is 29.2 Å². The molecule has 1 saturated heterocycles. The quantitative estimate of drug-likeness (QED) is 0.629. The number of H-pyrrole nitrogens is 1. The molecule has 0 saturated carbocycles. The fraction of sp³-hybridized carbons (Fsp3) is 0.263. The Kier molecular flexibility index (Phi) is 4.79. The van der Waals surface area contributed by atoms with Crippen molar-refractivity contribution in [1.29, 1.82) is 0 Å². The van der Waals surface area contributed by atoms with E-state index in [2.05, 4.69) is 9.83 Å². The average Bonchev–Trinajstić information content (AvgIpc) is 3.23. The molecular formula is C19H16ClN3O3S. The van der Waals surface area contributed by atoms with Crippen molar-refractivity contribution in [2.75, 3.05) is 31.2 Å². The second-order valence-electron chi connectivity index (χ2n) is 6.28. The molecular weight excluding hydrogens is 386 g/mol. The molecule has 3 aromatic rings. The van der Waals surface area contributed by atoms with Crippen molar-refractivity contribution in [3.63, 3.8) is 0 Å². The van der Waals surface area contributed by atoms with Crippen molar-refractivity contribution in [3.05, 3.63) is 56.8 Å². The predicted octanol–water partition coefficient (Wildman–Crippen LogP) is 4.56. The lowest BCUT2D eigenvalue weighted by Gasteiger charge is -2.28. The molecule has 1 fully saturated rings. The zero-order valence-corrected chi connectivity index (χ0v) is 15.9. The summed E-state index contributed by atoms with van der Waals surface area (Å²) in [6.07, 6.45) is 0.354. The van der Waals surface area contributed by atoms with Crippen LogP contribution in [0.5, 0.6) is 0 Å². The standard InChI is InChI=1S/C19H16ClN3O3S/c1-21-16-14(10-13-8-11-2-3-12(20)9-15(11)22-13)17(19(24)25)27-18(16)23-4-6-26-7-5-23/h2-3,8-9,22H,4-7,10H2,(H,24,25). The molecule has 27 heavy (non-hydrogen) atoms. The van der Waals surface area contributed by atoms with Crippen LogP contribution in [0.2, 0.25) is 5.02 Å². The Morgan fingerprint density at radius 3 is 2.85 bits per heavy atom. The number of aromatic amines is 1. The number of hydrogen-bond donors (Lipinski definition) is 2. The van der Waals surface area contributed by atoms with E-state index in [1.165, 1.54) is 11.3 Å². The average molecular weight is 402 g/mol. The number of morpholine rings is 1. The summed E-state index contributed by atoms with van der Waals surface area (Å²) in [6, 6.07) is 7.53. The van der Waals surface area contributed by atoms with Crippen LogP contribution in [0, 0.1) is 6.57 Å². The number of nitrogens with one attached hydrogen (secondary N) is 1. The lowest BCUT2D eigenvalue weighted by atomic mass is 10.1. The SMILES string of the molecule is [C-]#[N+]c1c(N2CCOCC2)sc(C(=O)O)c1Cc1cc2ccc(Cl)cc2[nH]1. The van der Waals surface area contributed by atoms with Crippen molar-refractivity contribution in [2.24, 2.45) is 0 Å². The number of hydrogen-bond acceptors (Lipinski definition) is 4. The molecule has 0 amide bonds. The number of carboxylic acids is 1. The van der Waals surface area contributed by atoms with Crippen LogP contribution in [0.15, 0.2) is 24.3 Å². The summed E-state index contributed by atoms with van der Waals surface area (Å²) in [7, 11) is 0. The van der Waals surface area contributed by atoms with Gasteiger partial charge in [0, 0.05) is 35.7 Å². The number of aromatic nitrogens is 1. The van der Waals surface area contributed by atoms with E-state index in [1.54, 1.807) is 0 Å². The number of thiophene rings is 1. The van der Waals surface area contributed by atoms with E-state index in [-0.39, 0.29) is 4.88 Å². The Bertz CT molecular complexity index is 1060. The summed E-state index contributed by atoms with van der Waals surface area (Å²) in [4.78, 5) is 21.1. The zero-order valence-electron chi connectivity index (χ0n) is 14.3. The van der Waals surface area contributed by atoms with Crippen molar-refractivity contribution in [2.45, 2.75) is 6.42 Å². The number of carboxylic acid groups (broad SMARTS) is 1. The summed E-state index contributed by atoms with van der Waals surface area (Å²) in [5.41, 5.74) is 2.73. The van der Waals surface area contributed by atoms with Crippen LogP contribution >= 0.6 is 22.9 Å². The van der Waals surface area contributed by atoms with E-state index in [4.69, 9.17) is 22.9 Å². The molecule has 1 aromatic carbocycles. The third kappa shape index (κ3) is 3.39. The van der Waals surface area contributed by atoms with Crippen molar-refractivity contribution < 1.29 is 14.6 Å². The summed E-state index contributed by atoms with van der Waals surface area (Å²) in [6.45, 7) is 10.1. The Hall–Kier alpha value is -2.53. The molecule has 2 aromatic heterocycles. The maximum absolute atomic E-state index is 11.8. The first kappa shape index (κ1) is 17.9. The Labute approximate surface area is 164 Å². The van der Waals surface area contributed by atoms with Gasteiger partial charge in [0.05, 0.1) is 24.8 Å². The molecule has 1 aliphatic heterocycles. The Morgan fingerprint density at radius 2 is 2.15 bits per heavy atom. The Morgan fingerprint density at radius 1 is 1.37 bits per heavy atom. The minimum absolute atomic E-state index is 0.221. The first-order valence-electron chi connectivity index (χ1n) is 8.43. The van der Waals surface area contributed by atoms with Gasteiger partial charge in [-0.05, 0) is 29.1 Å². The topological polar surface area (TPSA) is 69.9 Å². The lowest BCUT2D eigenvalue weighted by molar-refractivity contribution is 0.0701. The first-order chi connectivity index (χ1) is 13.1. The van der Waals surface area contributed by atoms with Crippen LogP contribution < -0.4 is 4.90 Å². The van der Waals surface area contributed by atoms with E-state index >= 15 is 0 Å². The molecule has 4 rings (SSSR count). The highest BCUT2D eigenvalue weighted by atomic mass is 35.5. The third-order valence-electron chi connectivity index (χ3n) is 4.57. The van der Waals surface area contributed by atoms with Crippen LogP contribution in [0.4, 0.5) is 10.7 Å². The van der Waals surface area contributed by atoms with Gasteiger partial charge in [0.25, 0.3) is 0 Å². The third-order valence-corrected chi connectivity index (χ3v) is 6.08. The Balaban J connectivity index is 1.76. The summed E-state index contributed by atoms with van der Waals surface area (Å²) < 4.78 is 5.37. The first-order valence-corrected chi connectivity index (χ1v) is 9.62. The van der Waals surface area contributed by atoms with E-state index in [9.17, 15) is 9.90 Å². The summed E-state index contributed by atoms with van der Waals surface area (Å²) in [5, 5.41) is 12.0. The monoisotopic (exact) mass is 401 g/mol. The maximum Gasteiger partial charge on any atom is 0.344 e. The zero-order chi connectivity index (χ0) is 19.0. The van der Waals surface area contributed by atoms with Gasteiger partial charge in [-0.2, -0.15) is 0 Å². The molecule has 6 nitrogen and oxygen atoms in total. The van der Waals surface area contributed by atoms with Gasteiger partial charge >= 0.3 is 5.97 Å². The summed E-state index contributed by atoms with van der Waals surface area (Å²) >= 11 is 7.22. The number of anilines is 1. The molecule has 0 atom stereocenters. The normalized spacial score (nSPS) is 14.4. The molecule has 138 valence electrons. The van der Waals surface area contributed by atoms with E-state index < -0.39 is 5.97 Å². The van der Waals surface area contributed by atoms with Gasteiger partial charge in [-0.1, -0.05) is 17.7 Å². The van der Waals surface area contributed by atoms with Crippen molar-refractivity contribution in [1.82, 2.24) is 4.98 Å². The summed E-state index contributed by atoms with van der Waals surface area (Å²) in [5.74, 6) is -1.00. The van der Waals surface area contributed by atoms with Gasteiger partial charge in [0.2, 0.25) is 5.69 Å². The van der Waals surface area contributed by atoms with Crippen LogP contribution in [0.25, 0.3) is 15.7 Å². The van der Waals surface area contributed by atoms with Crippen LogP contribution in [0.1, 0.15) is 20.9 Å². The maximum atomic E-state index is 11.8. The van der Waals surface area contributed by atoms with Crippen LogP contribution in [-0.4, -0.2) is 42.4 Å². The van der Waals surface area contributed by atoms with E-state index in [0.717, 1.165) is 21.6 Å². The van der Waals surface area contributed by atoms with Gasteiger partial charge in [-0.15, -0.1) is 11.3 Å². The second-order valence-corrected chi connectivity index (χ2v) is 7.72. The number of carbonyl (C=O) groups is 1. The smallest absolute Gasteiger partial charge is 0.344 e. The fourth-order valence-electron chi connectivity index (χ4n) is 3.32. The van der Waals surface area contributed by atoms with Gasteiger partial charge in [0.15, 0.2) is 0 Å². The van der Waals surface area contributed by atoms with Gasteiger partial charge in [-0.3, -0.25) is 0 Å². The number of benzene rings is 1. The minimum atomic E-state index is -1.00. The van der Waals surface area contributed by atoms with Crippen LogP contribution in [-0.2, 0) is 11.2 Å². The largest absolute Gasteiger partial charge is 0.477 e. The molecule has 0 aliphatic carbocycles. The highest BCUT2D eigenvalue weighted by molar-refractivity contribution is 7.18. The number of nitrogens with zero attached hydrogens (tertiary/aromatic N) is 2. The van der Waals surface area contributed by atoms with E-state index in [0.29, 0.717) is 49.0 Å².